The molecular weight excluding hydrogens is 224 g/mol. The summed E-state index contributed by atoms with van der Waals surface area (Å²) in [5.74, 6) is -0.431. The summed E-state index contributed by atoms with van der Waals surface area (Å²) in [5, 5.41) is 20.7. The van der Waals surface area contributed by atoms with Crippen LogP contribution in [0, 0.1) is 10.1 Å². The Morgan fingerprint density at radius 1 is 1.41 bits per heavy atom. The fraction of sp³-hybridized carbons (Fsp3) is 0.545. The van der Waals surface area contributed by atoms with Gasteiger partial charge in [0.25, 0.3) is 0 Å². The van der Waals surface area contributed by atoms with Crippen molar-refractivity contribution in [3.05, 3.63) is 31.7 Å². The van der Waals surface area contributed by atoms with Crippen LogP contribution in [0.5, 0.6) is 5.75 Å². The zero-order chi connectivity index (χ0) is 12.6. The molecule has 0 aromatic carbocycles. The molecule has 1 heterocycles. The summed E-state index contributed by atoms with van der Waals surface area (Å²) in [6.07, 6.45) is 3.13. The average Bonchev–Trinajstić information content (AvgIpc) is 2.29. The number of fused-ring (bicyclic) bond motifs is 1. The van der Waals surface area contributed by atoms with Crippen LogP contribution in [0.25, 0.3) is 0 Å². The maximum atomic E-state index is 11.9. The predicted octanol–water partition coefficient (Wildman–Crippen LogP) is 1.36. The fourth-order valence-electron chi connectivity index (χ4n) is 2.44. The molecule has 2 rings (SSSR count). The maximum Gasteiger partial charge on any atom is 0.375 e. The number of aromatic hydroxyl groups is 1. The van der Waals surface area contributed by atoms with Gasteiger partial charge >= 0.3 is 11.2 Å². The molecular formula is C11H14N2O4. The summed E-state index contributed by atoms with van der Waals surface area (Å²) >= 11 is 0. The van der Waals surface area contributed by atoms with Crippen LogP contribution in [-0.2, 0) is 19.4 Å². The third kappa shape index (κ3) is 1.69. The zero-order valence-corrected chi connectivity index (χ0v) is 9.60. The molecule has 0 atom stereocenters. The van der Waals surface area contributed by atoms with Gasteiger partial charge in [-0.2, -0.15) is 0 Å². The Labute approximate surface area is 97.7 Å². The molecule has 1 aliphatic rings. The van der Waals surface area contributed by atoms with E-state index in [4.69, 9.17) is 0 Å². The number of pyridine rings is 1. The highest BCUT2D eigenvalue weighted by Gasteiger charge is 2.29. The summed E-state index contributed by atoms with van der Waals surface area (Å²) in [4.78, 5) is 21.9. The Morgan fingerprint density at radius 2 is 2.06 bits per heavy atom. The molecule has 1 aromatic rings. The van der Waals surface area contributed by atoms with Crippen LogP contribution in [0.1, 0.15) is 31.0 Å². The van der Waals surface area contributed by atoms with Crippen molar-refractivity contribution in [2.45, 2.75) is 39.2 Å². The summed E-state index contributed by atoms with van der Waals surface area (Å²) in [7, 11) is 0. The molecule has 92 valence electrons. The molecule has 0 radical (unpaired) electrons. The number of nitro groups is 1. The van der Waals surface area contributed by atoms with Gasteiger partial charge in [0, 0.05) is 17.8 Å². The van der Waals surface area contributed by atoms with E-state index in [1.165, 1.54) is 4.57 Å². The molecule has 0 amide bonds. The van der Waals surface area contributed by atoms with Crippen LogP contribution >= 0.6 is 0 Å². The highest BCUT2D eigenvalue weighted by atomic mass is 16.6. The van der Waals surface area contributed by atoms with Gasteiger partial charge in [-0.15, -0.1) is 0 Å². The molecule has 0 saturated heterocycles. The van der Waals surface area contributed by atoms with Crippen molar-refractivity contribution in [2.24, 2.45) is 0 Å². The Balaban J connectivity index is 2.81. The lowest BCUT2D eigenvalue weighted by atomic mass is 9.94. The molecule has 17 heavy (non-hydrogen) atoms. The quantitative estimate of drug-likeness (QED) is 0.622. The standard InChI is InChI=1S/C11H14N2O4/c1-2-12-8-6-4-3-5-7(8)10(14)9(11(12)15)13(16)17/h14H,2-6H2,1H3. The molecule has 1 aromatic heterocycles. The van der Waals surface area contributed by atoms with Gasteiger partial charge in [0.15, 0.2) is 0 Å². The lowest BCUT2D eigenvalue weighted by Gasteiger charge is -2.20. The van der Waals surface area contributed by atoms with E-state index in [2.05, 4.69) is 0 Å². The third-order valence-corrected chi connectivity index (χ3v) is 3.22. The minimum absolute atomic E-state index is 0.391. The van der Waals surface area contributed by atoms with Gasteiger partial charge in [-0.1, -0.05) is 0 Å². The second kappa shape index (κ2) is 4.20. The number of nitrogens with zero attached hydrogens (tertiary/aromatic N) is 2. The second-order valence-corrected chi connectivity index (χ2v) is 4.14. The molecule has 0 saturated carbocycles. The molecule has 0 bridgehead atoms. The summed E-state index contributed by atoms with van der Waals surface area (Å²) in [6, 6.07) is 0. The third-order valence-electron chi connectivity index (χ3n) is 3.22. The average molecular weight is 238 g/mol. The highest BCUT2D eigenvalue weighted by molar-refractivity contribution is 5.52. The highest BCUT2D eigenvalue weighted by Crippen LogP contribution is 2.33. The van der Waals surface area contributed by atoms with Crippen LogP contribution in [0.4, 0.5) is 5.69 Å². The summed E-state index contributed by atoms with van der Waals surface area (Å²) in [6.45, 7) is 2.17. The first-order chi connectivity index (χ1) is 8.07. The van der Waals surface area contributed by atoms with Crippen molar-refractivity contribution < 1.29 is 10.0 Å². The monoisotopic (exact) mass is 238 g/mol. The van der Waals surface area contributed by atoms with Gasteiger partial charge in [-0.05, 0) is 32.6 Å². The molecule has 0 spiro atoms. The Kier molecular flexibility index (Phi) is 2.87. The SMILES string of the molecule is CCn1c2c(c(O)c([N+](=O)[O-])c1=O)CCCC2. The largest absolute Gasteiger partial charge is 0.502 e. The molecule has 0 fully saturated rings. The van der Waals surface area contributed by atoms with E-state index in [0.29, 0.717) is 24.9 Å². The van der Waals surface area contributed by atoms with E-state index in [-0.39, 0.29) is 0 Å². The van der Waals surface area contributed by atoms with Crippen molar-refractivity contribution in [3.8, 4) is 5.75 Å². The van der Waals surface area contributed by atoms with Gasteiger partial charge in [-0.3, -0.25) is 14.9 Å². The molecule has 6 nitrogen and oxygen atoms in total. The van der Waals surface area contributed by atoms with E-state index < -0.39 is 21.9 Å². The summed E-state index contributed by atoms with van der Waals surface area (Å²) < 4.78 is 1.41. The number of aromatic nitrogens is 1. The number of hydrogen-bond acceptors (Lipinski definition) is 4. The first-order valence-electron chi connectivity index (χ1n) is 5.69. The summed E-state index contributed by atoms with van der Waals surface area (Å²) in [5.41, 5.74) is -0.0561. The Hall–Kier alpha value is -1.85. The van der Waals surface area contributed by atoms with E-state index >= 15 is 0 Å². The lowest BCUT2D eigenvalue weighted by Crippen LogP contribution is -2.28. The minimum atomic E-state index is -0.793. The smallest absolute Gasteiger partial charge is 0.375 e. The first-order valence-corrected chi connectivity index (χ1v) is 5.69. The molecule has 0 aliphatic heterocycles. The topological polar surface area (TPSA) is 85.4 Å². The van der Waals surface area contributed by atoms with Crippen molar-refractivity contribution in [1.82, 2.24) is 4.57 Å². The van der Waals surface area contributed by atoms with E-state index in [0.717, 1.165) is 18.5 Å². The number of hydrogen-bond donors (Lipinski definition) is 1. The normalized spacial score (nSPS) is 14.4. The maximum absolute atomic E-state index is 11.9. The second-order valence-electron chi connectivity index (χ2n) is 4.14. The van der Waals surface area contributed by atoms with Crippen LogP contribution in [0.3, 0.4) is 0 Å². The minimum Gasteiger partial charge on any atom is -0.502 e. The van der Waals surface area contributed by atoms with E-state index in [1.807, 2.05) is 0 Å². The van der Waals surface area contributed by atoms with Crippen molar-refractivity contribution in [3.63, 3.8) is 0 Å². The van der Waals surface area contributed by atoms with E-state index in [9.17, 15) is 20.0 Å². The first kappa shape index (κ1) is 11.6. The Morgan fingerprint density at radius 3 is 2.65 bits per heavy atom. The number of rotatable bonds is 2. The van der Waals surface area contributed by atoms with Gasteiger partial charge in [0.2, 0.25) is 5.75 Å². The van der Waals surface area contributed by atoms with Crippen LogP contribution in [-0.4, -0.2) is 14.6 Å². The molecule has 1 N–H and O–H groups in total. The van der Waals surface area contributed by atoms with Gasteiger partial charge < -0.3 is 9.67 Å². The molecule has 6 heteroatoms. The van der Waals surface area contributed by atoms with Crippen LogP contribution in [0.2, 0.25) is 0 Å². The van der Waals surface area contributed by atoms with Crippen LogP contribution in [0.15, 0.2) is 4.79 Å². The van der Waals surface area contributed by atoms with Crippen LogP contribution < -0.4 is 5.56 Å². The lowest BCUT2D eigenvalue weighted by molar-refractivity contribution is -0.387. The van der Waals surface area contributed by atoms with Crippen molar-refractivity contribution >= 4 is 5.69 Å². The van der Waals surface area contributed by atoms with Crippen molar-refractivity contribution in [2.75, 3.05) is 0 Å². The van der Waals surface area contributed by atoms with E-state index in [1.54, 1.807) is 6.92 Å². The zero-order valence-electron chi connectivity index (χ0n) is 9.60. The van der Waals surface area contributed by atoms with Crippen molar-refractivity contribution in [1.29, 1.82) is 0 Å². The Bertz CT molecular complexity index is 533. The van der Waals surface area contributed by atoms with Gasteiger partial charge in [0.05, 0.1) is 4.92 Å². The fourth-order valence-corrected chi connectivity index (χ4v) is 2.44. The van der Waals surface area contributed by atoms with Gasteiger partial charge in [0.1, 0.15) is 0 Å². The molecule has 0 unspecified atom stereocenters. The predicted molar refractivity (Wildman–Crippen MR) is 61.3 cm³/mol. The molecule has 1 aliphatic carbocycles. The van der Waals surface area contributed by atoms with Gasteiger partial charge in [-0.25, -0.2) is 0 Å².